The Kier molecular flexibility index (Phi) is 3.20. The third-order valence-corrected chi connectivity index (χ3v) is 2.49. The van der Waals surface area contributed by atoms with Gasteiger partial charge in [0.25, 0.3) is 0 Å². The van der Waals surface area contributed by atoms with Gasteiger partial charge >= 0.3 is 0 Å². The third kappa shape index (κ3) is 2.70. The number of benzene rings is 1. The van der Waals surface area contributed by atoms with E-state index in [1.807, 2.05) is 12.1 Å². The van der Waals surface area contributed by atoms with Gasteiger partial charge in [0.1, 0.15) is 0 Å². The van der Waals surface area contributed by atoms with Gasteiger partial charge in [-0.15, -0.1) is 0 Å². The first-order valence-corrected chi connectivity index (χ1v) is 5.15. The van der Waals surface area contributed by atoms with Gasteiger partial charge in [-0.1, -0.05) is 30.3 Å². The van der Waals surface area contributed by atoms with E-state index < -0.39 is 0 Å². The number of hydrogen-bond donors (Lipinski definition) is 1. The molecule has 0 spiro atoms. The first kappa shape index (κ1) is 9.99. The standard InChI is InChI=1S/C13H15NO/c1-11(13-5-3-2-4-6-13)14-9-12-7-8-15-10-12/h2-8,10-11,14H,9H2,1H3/t11-/m0/s1. The summed E-state index contributed by atoms with van der Waals surface area (Å²) >= 11 is 0. The molecular weight excluding hydrogens is 186 g/mol. The highest BCUT2D eigenvalue weighted by atomic mass is 16.3. The Morgan fingerprint density at radius 3 is 2.67 bits per heavy atom. The quantitative estimate of drug-likeness (QED) is 0.822. The van der Waals surface area contributed by atoms with Gasteiger partial charge in [-0.25, -0.2) is 0 Å². The van der Waals surface area contributed by atoms with Crippen LogP contribution in [0.4, 0.5) is 0 Å². The molecule has 2 heteroatoms. The molecule has 78 valence electrons. The zero-order valence-corrected chi connectivity index (χ0v) is 8.81. The van der Waals surface area contributed by atoms with Crippen molar-refractivity contribution in [1.82, 2.24) is 5.32 Å². The molecule has 0 aliphatic carbocycles. The predicted octanol–water partition coefficient (Wildman–Crippen LogP) is 3.13. The molecule has 1 heterocycles. The van der Waals surface area contributed by atoms with E-state index in [2.05, 4.69) is 36.5 Å². The summed E-state index contributed by atoms with van der Waals surface area (Å²) in [5.74, 6) is 0. The maximum atomic E-state index is 5.01. The molecule has 0 amide bonds. The van der Waals surface area contributed by atoms with Crippen molar-refractivity contribution in [2.24, 2.45) is 0 Å². The first-order valence-electron chi connectivity index (χ1n) is 5.15. The lowest BCUT2D eigenvalue weighted by Gasteiger charge is -2.13. The highest BCUT2D eigenvalue weighted by Crippen LogP contribution is 2.12. The molecule has 1 aromatic heterocycles. The van der Waals surface area contributed by atoms with Gasteiger partial charge in [0.05, 0.1) is 12.5 Å². The molecule has 2 rings (SSSR count). The topological polar surface area (TPSA) is 25.2 Å². The number of furan rings is 1. The third-order valence-electron chi connectivity index (χ3n) is 2.49. The minimum absolute atomic E-state index is 0.362. The van der Waals surface area contributed by atoms with E-state index in [0.717, 1.165) is 6.54 Å². The first-order chi connectivity index (χ1) is 7.36. The summed E-state index contributed by atoms with van der Waals surface area (Å²) in [5, 5.41) is 3.44. The molecule has 2 aromatic rings. The summed E-state index contributed by atoms with van der Waals surface area (Å²) in [6.45, 7) is 3.00. The zero-order valence-electron chi connectivity index (χ0n) is 8.81. The number of nitrogens with one attached hydrogen (secondary N) is 1. The van der Waals surface area contributed by atoms with Gasteiger partial charge in [0.2, 0.25) is 0 Å². The zero-order chi connectivity index (χ0) is 10.5. The molecule has 0 aliphatic heterocycles. The second kappa shape index (κ2) is 4.80. The summed E-state index contributed by atoms with van der Waals surface area (Å²) in [5.41, 5.74) is 2.48. The van der Waals surface area contributed by atoms with E-state index >= 15 is 0 Å². The van der Waals surface area contributed by atoms with Crippen LogP contribution in [0.2, 0.25) is 0 Å². The highest BCUT2D eigenvalue weighted by molar-refractivity contribution is 5.18. The van der Waals surface area contributed by atoms with Crippen LogP contribution in [-0.2, 0) is 6.54 Å². The molecule has 0 radical (unpaired) electrons. The summed E-state index contributed by atoms with van der Waals surface area (Å²) in [4.78, 5) is 0. The van der Waals surface area contributed by atoms with Gasteiger partial charge in [-0.3, -0.25) is 0 Å². The van der Waals surface area contributed by atoms with E-state index in [4.69, 9.17) is 4.42 Å². The van der Waals surface area contributed by atoms with Crippen LogP contribution in [-0.4, -0.2) is 0 Å². The molecule has 1 aromatic carbocycles. The minimum Gasteiger partial charge on any atom is -0.472 e. The lowest BCUT2D eigenvalue weighted by molar-refractivity contribution is 0.547. The molecule has 2 nitrogen and oxygen atoms in total. The van der Waals surface area contributed by atoms with E-state index in [1.165, 1.54) is 11.1 Å². The van der Waals surface area contributed by atoms with Crippen LogP contribution in [0.3, 0.4) is 0 Å². The van der Waals surface area contributed by atoms with Gasteiger partial charge in [-0.05, 0) is 18.6 Å². The van der Waals surface area contributed by atoms with E-state index in [9.17, 15) is 0 Å². The minimum atomic E-state index is 0.362. The molecule has 0 unspecified atom stereocenters. The van der Waals surface area contributed by atoms with Crippen molar-refractivity contribution in [2.75, 3.05) is 0 Å². The van der Waals surface area contributed by atoms with Gasteiger partial charge < -0.3 is 9.73 Å². The van der Waals surface area contributed by atoms with Crippen LogP contribution < -0.4 is 5.32 Å². The Bertz CT molecular complexity index is 380. The molecule has 0 aliphatic rings. The van der Waals surface area contributed by atoms with E-state index in [0.29, 0.717) is 6.04 Å². The van der Waals surface area contributed by atoms with Crippen LogP contribution in [0.1, 0.15) is 24.1 Å². The lowest BCUT2D eigenvalue weighted by Crippen LogP contribution is -2.17. The Morgan fingerprint density at radius 2 is 2.00 bits per heavy atom. The molecule has 1 atom stereocenters. The van der Waals surface area contributed by atoms with Crippen molar-refractivity contribution in [2.45, 2.75) is 19.5 Å². The average Bonchev–Trinajstić information content (AvgIpc) is 2.80. The van der Waals surface area contributed by atoms with Crippen molar-refractivity contribution < 1.29 is 4.42 Å². The maximum absolute atomic E-state index is 5.01. The average molecular weight is 201 g/mol. The van der Waals surface area contributed by atoms with Crippen molar-refractivity contribution in [3.63, 3.8) is 0 Å². The van der Waals surface area contributed by atoms with Gasteiger partial charge in [-0.2, -0.15) is 0 Å². The molecule has 1 N–H and O–H groups in total. The fourth-order valence-corrected chi connectivity index (χ4v) is 1.52. The van der Waals surface area contributed by atoms with E-state index in [1.54, 1.807) is 12.5 Å². The highest BCUT2D eigenvalue weighted by Gasteiger charge is 2.03. The predicted molar refractivity (Wildman–Crippen MR) is 60.4 cm³/mol. The summed E-state index contributed by atoms with van der Waals surface area (Å²) in [7, 11) is 0. The lowest BCUT2D eigenvalue weighted by atomic mass is 10.1. The van der Waals surface area contributed by atoms with Crippen LogP contribution in [0.5, 0.6) is 0 Å². The van der Waals surface area contributed by atoms with Gasteiger partial charge in [0, 0.05) is 18.2 Å². The summed E-state index contributed by atoms with van der Waals surface area (Å²) < 4.78 is 5.01. The number of rotatable bonds is 4. The fourth-order valence-electron chi connectivity index (χ4n) is 1.52. The van der Waals surface area contributed by atoms with Gasteiger partial charge in [0.15, 0.2) is 0 Å². The SMILES string of the molecule is C[C@H](NCc1ccoc1)c1ccccc1. The molecule has 0 fully saturated rings. The maximum Gasteiger partial charge on any atom is 0.0947 e. The molecule has 0 bridgehead atoms. The Morgan fingerprint density at radius 1 is 1.20 bits per heavy atom. The van der Waals surface area contributed by atoms with Crippen LogP contribution >= 0.6 is 0 Å². The van der Waals surface area contributed by atoms with Crippen LogP contribution in [0.25, 0.3) is 0 Å². The van der Waals surface area contributed by atoms with Crippen molar-refractivity contribution in [3.05, 3.63) is 60.1 Å². The van der Waals surface area contributed by atoms with Crippen molar-refractivity contribution >= 4 is 0 Å². The normalized spacial score (nSPS) is 12.6. The summed E-state index contributed by atoms with van der Waals surface area (Å²) in [6.07, 6.45) is 3.47. The monoisotopic (exact) mass is 201 g/mol. The molecule has 0 saturated heterocycles. The van der Waals surface area contributed by atoms with Crippen molar-refractivity contribution in [1.29, 1.82) is 0 Å². The number of hydrogen-bond acceptors (Lipinski definition) is 2. The van der Waals surface area contributed by atoms with Crippen LogP contribution in [0.15, 0.2) is 53.3 Å². The van der Waals surface area contributed by atoms with Crippen LogP contribution in [0, 0.1) is 0 Å². The fraction of sp³-hybridized carbons (Fsp3) is 0.231. The molecule has 0 saturated carbocycles. The largest absolute Gasteiger partial charge is 0.472 e. The molecule has 15 heavy (non-hydrogen) atoms. The molecular formula is C13H15NO. The smallest absolute Gasteiger partial charge is 0.0947 e. The second-order valence-electron chi connectivity index (χ2n) is 3.64. The Hall–Kier alpha value is -1.54. The Labute approximate surface area is 89.9 Å². The second-order valence-corrected chi connectivity index (χ2v) is 3.64. The van der Waals surface area contributed by atoms with Crippen molar-refractivity contribution in [3.8, 4) is 0 Å². The Balaban J connectivity index is 1.90. The van der Waals surface area contributed by atoms with E-state index in [-0.39, 0.29) is 0 Å². The summed E-state index contributed by atoms with van der Waals surface area (Å²) in [6, 6.07) is 12.8.